The number of Topliss-reactive ketones (excluding diaryl/α,β-unsaturated/α-hetero) is 1. The molecule has 2 aliphatic rings. The van der Waals surface area contributed by atoms with Crippen LogP contribution in [0.3, 0.4) is 0 Å². The number of unbranched alkanes of at least 4 members (excludes halogenated alkanes) is 3. The topological polar surface area (TPSA) is 46.5 Å². The molecule has 0 amide bonds. The highest BCUT2D eigenvalue weighted by atomic mass is 16.5. The average molecular weight is 377 g/mol. The minimum atomic E-state index is -2.43. The van der Waals surface area contributed by atoms with Crippen molar-refractivity contribution >= 4 is 5.78 Å². The zero-order valence-corrected chi connectivity index (χ0v) is 17.3. The zero-order chi connectivity index (χ0) is 23.4. The van der Waals surface area contributed by atoms with Crippen LogP contribution in [0.15, 0.2) is 12.1 Å². The van der Waals surface area contributed by atoms with E-state index in [1.54, 1.807) is 6.07 Å². The molecule has 1 heterocycles. The predicted molar refractivity (Wildman–Crippen MR) is 110 cm³/mol. The Morgan fingerprint density at radius 2 is 2.04 bits per heavy atom. The van der Waals surface area contributed by atoms with Gasteiger partial charge in [-0.1, -0.05) is 46.5 Å². The molecule has 3 heteroatoms. The summed E-state index contributed by atoms with van der Waals surface area (Å²) in [5.41, 5.74) is 0.148. The Hall–Kier alpha value is -1.51. The molecule has 0 saturated heterocycles. The van der Waals surface area contributed by atoms with Crippen LogP contribution >= 0.6 is 0 Å². The Bertz CT molecular complexity index is 861. The van der Waals surface area contributed by atoms with Gasteiger partial charge in [-0.25, -0.2) is 0 Å². The van der Waals surface area contributed by atoms with E-state index in [2.05, 4.69) is 20.8 Å². The van der Waals surface area contributed by atoms with Crippen LogP contribution in [0.2, 0.25) is 0 Å². The van der Waals surface area contributed by atoms with Crippen molar-refractivity contribution in [3.05, 3.63) is 23.3 Å². The van der Waals surface area contributed by atoms with Gasteiger partial charge < -0.3 is 9.84 Å². The number of ketones is 1. The van der Waals surface area contributed by atoms with Crippen molar-refractivity contribution in [3.63, 3.8) is 0 Å². The third-order valence-electron chi connectivity index (χ3n) is 6.31. The number of phenolic OH excluding ortho intramolecular Hbond substituents is 1. The van der Waals surface area contributed by atoms with E-state index in [1.807, 2.05) is 19.9 Å². The Morgan fingerprint density at radius 3 is 2.74 bits per heavy atom. The number of hydrogen-bond acceptors (Lipinski definition) is 3. The maximum absolute atomic E-state index is 12.7. The lowest BCUT2D eigenvalue weighted by atomic mass is 9.66. The van der Waals surface area contributed by atoms with E-state index < -0.39 is 36.0 Å². The van der Waals surface area contributed by atoms with Crippen LogP contribution in [0.1, 0.15) is 108 Å². The molecule has 0 aromatic heterocycles. The highest BCUT2D eigenvalue weighted by Crippen LogP contribution is 2.54. The molecule has 0 radical (unpaired) electrons. The van der Waals surface area contributed by atoms with Gasteiger partial charge in [0.05, 0.1) is 0 Å². The molecule has 1 aromatic carbocycles. The molecule has 3 rings (SSSR count). The van der Waals surface area contributed by atoms with Crippen molar-refractivity contribution in [3.8, 4) is 11.5 Å². The molecule has 0 bridgehead atoms. The molecule has 2 atom stereocenters. The summed E-state index contributed by atoms with van der Waals surface area (Å²) in [6.07, 6.45) is 0.742. The van der Waals surface area contributed by atoms with Crippen LogP contribution in [0.5, 0.6) is 11.5 Å². The number of phenols is 1. The summed E-state index contributed by atoms with van der Waals surface area (Å²) in [5, 5.41) is 11.0. The summed E-state index contributed by atoms with van der Waals surface area (Å²) >= 11 is 0. The number of benzene rings is 1. The monoisotopic (exact) mass is 376 g/mol. The van der Waals surface area contributed by atoms with Gasteiger partial charge in [0, 0.05) is 35.6 Å². The van der Waals surface area contributed by atoms with Crippen molar-refractivity contribution < 1.29 is 20.1 Å². The number of fused-ring (bicyclic) bond motifs is 3. The van der Waals surface area contributed by atoms with Crippen molar-refractivity contribution in [1.82, 2.24) is 0 Å². The largest absolute Gasteiger partial charge is 0.508 e. The molecule has 27 heavy (non-hydrogen) atoms. The summed E-state index contributed by atoms with van der Waals surface area (Å²) in [4.78, 5) is 12.7. The summed E-state index contributed by atoms with van der Waals surface area (Å²) in [5.74, 6) is -2.25. The SMILES string of the molecule is [2H]C1([2H])C[C@@H]2[C@H](c3c(O)cc(C(C)(C)CCCCCC)cc3OC2(C)C)C([2H])([2H])C1=O. The number of hydrogen-bond donors (Lipinski definition) is 1. The van der Waals surface area contributed by atoms with E-state index in [0.717, 1.165) is 24.8 Å². The van der Waals surface area contributed by atoms with Gasteiger partial charge in [0.1, 0.15) is 22.9 Å². The van der Waals surface area contributed by atoms with E-state index in [9.17, 15) is 9.90 Å². The number of carbonyl (C=O) groups excluding carboxylic acids is 1. The lowest BCUT2D eigenvalue weighted by molar-refractivity contribution is -0.124. The van der Waals surface area contributed by atoms with Crippen molar-refractivity contribution in [2.75, 3.05) is 0 Å². The Labute approximate surface area is 170 Å². The number of ether oxygens (including phenoxy) is 1. The lowest BCUT2D eigenvalue weighted by Crippen LogP contribution is -2.47. The van der Waals surface area contributed by atoms with Gasteiger partial charge in [0.2, 0.25) is 0 Å². The minimum absolute atomic E-state index is 0.0706. The predicted octanol–water partition coefficient (Wildman–Crippen LogP) is 6.26. The van der Waals surface area contributed by atoms with Crippen molar-refractivity contribution in [1.29, 1.82) is 0 Å². The first-order chi connectivity index (χ1) is 14.1. The first kappa shape index (κ1) is 15.4. The fourth-order valence-electron chi connectivity index (χ4n) is 4.43. The summed E-state index contributed by atoms with van der Waals surface area (Å²) in [6, 6.07) is 3.57. The molecule has 150 valence electrons. The van der Waals surface area contributed by atoms with Crippen LogP contribution in [0.4, 0.5) is 0 Å². The molecule has 1 aliphatic carbocycles. The first-order valence-electron chi connectivity index (χ1n) is 12.3. The van der Waals surface area contributed by atoms with E-state index in [1.165, 1.54) is 12.8 Å². The van der Waals surface area contributed by atoms with Crippen molar-refractivity contribution in [2.45, 2.75) is 103 Å². The zero-order valence-electron chi connectivity index (χ0n) is 21.3. The lowest BCUT2D eigenvalue weighted by Gasteiger charge is -2.47. The average Bonchev–Trinajstić information content (AvgIpc) is 2.63. The Morgan fingerprint density at radius 1 is 1.30 bits per heavy atom. The molecule has 3 nitrogen and oxygen atoms in total. The quantitative estimate of drug-likeness (QED) is 0.596. The van der Waals surface area contributed by atoms with E-state index >= 15 is 0 Å². The maximum atomic E-state index is 12.7. The van der Waals surface area contributed by atoms with E-state index in [4.69, 9.17) is 10.2 Å². The fraction of sp³-hybridized carbons (Fsp3) is 0.708. The number of rotatable bonds is 6. The summed E-state index contributed by atoms with van der Waals surface area (Å²) in [6.45, 7) is 10.1. The highest BCUT2D eigenvalue weighted by Gasteiger charge is 2.47. The molecular weight excluding hydrogens is 336 g/mol. The second-order valence-corrected chi connectivity index (χ2v) is 9.25. The number of carbonyl (C=O) groups is 1. The van der Waals surface area contributed by atoms with Crippen molar-refractivity contribution in [2.24, 2.45) is 5.92 Å². The van der Waals surface area contributed by atoms with Gasteiger partial charge in [-0.05, 0) is 49.8 Å². The van der Waals surface area contributed by atoms with Gasteiger partial charge in [0.25, 0.3) is 0 Å². The molecular formula is C24H36O3. The van der Waals surface area contributed by atoms with Gasteiger partial charge in [-0.3, -0.25) is 4.79 Å². The van der Waals surface area contributed by atoms with Crippen LogP contribution < -0.4 is 4.74 Å². The van der Waals surface area contributed by atoms with E-state index in [-0.39, 0.29) is 17.6 Å². The molecule has 1 N–H and O–H groups in total. The molecule has 1 aromatic rings. The third kappa shape index (κ3) is 4.02. The second-order valence-electron chi connectivity index (χ2n) is 9.25. The summed E-state index contributed by atoms with van der Waals surface area (Å²) in [7, 11) is 0. The van der Waals surface area contributed by atoms with Crippen LogP contribution in [0.25, 0.3) is 0 Å². The Balaban J connectivity index is 2.06. The van der Waals surface area contributed by atoms with Gasteiger partial charge in [0.15, 0.2) is 0 Å². The number of aromatic hydroxyl groups is 1. The molecule has 0 unspecified atom stereocenters. The van der Waals surface area contributed by atoms with E-state index in [0.29, 0.717) is 11.3 Å². The molecule has 1 aliphatic heterocycles. The van der Waals surface area contributed by atoms with Gasteiger partial charge >= 0.3 is 0 Å². The van der Waals surface area contributed by atoms with Crippen LogP contribution in [-0.4, -0.2) is 16.5 Å². The van der Waals surface area contributed by atoms with Crippen LogP contribution in [0, 0.1) is 5.92 Å². The van der Waals surface area contributed by atoms with Gasteiger partial charge in [-0.2, -0.15) is 0 Å². The highest BCUT2D eigenvalue weighted by molar-refractivity contribution is 5.81. The third-order valence-corrected chi connectivity index (χ3v) is 6.31. The Kier molecular flexibility index (Phi) is 4.27. The van der Waals surface area contributed by atoms with Crippen LogP contribution in [-0.2, 0) is 10.2 Å². The smallest absolute Gasteiger partial charge is 0.133 e. The normalized spacial score (nSPS) is 30.0. The second kappa shape index (κ2) is 7.48. The van der Waals surface area contributed by atoms with Gasteiger partial charge in [-0.15, -0.1) is 0 Å². The molecule has 1 fully saturated rings. The molecule has 0 spiro atoms. The minimum Gasteiger partial charge on any atom is -0.508 e. The molecule has 1 saturated carbocycles. The maximum Gasteiger partial charge on any atom is 0.133 e. The fourth-order valence-corrected chi connectivity index (χ4v) is 4.43. The standard InChI is InChI=1S/C24H36O3/c1-6-7-8-9-12-23(2,3)16-13-20(26)22-18-15-17(25)10-11-19(18)24(4,5)27-21(22)14-16/h13-14,18-19,26H,6-12,15H2,1-5H3/t18-,19-/m1/s1/i10D2,15D2. The summed E-state index contributed by atoms with van der Waals surface area (Å²) < 4.78 is 39.5. The first-order valence-corrected chi connectivity index (χ1v) is 10.3.